The van der Waals surface area contributed by atoms with Crippen molar-refractivity contribution in [3.63, 3.8) is 0 Å². The third kappa shape index (κ3) is 6.79. The van der Waals surface area contributed by atoms with Crippen LogP contribution in [0.25, 0.3) is 0 Å². The molecule has 3 aromatic rings. The third-order valence-corrected chi connectivity index (χ3v) is 7.30. The Hall–Kier alpha value is -3.15. The third-order valence-electron chi connectivity index (χ3n) is 6.42. The summed E-state index contributed by atoms with van der Waals surface area (Å²) in [6.07, 6.45) is -6.24. The number of nitrogens with zero attached hydrogens (tertiary/aromatic N) is 4. The summed E-state index contributed by atoms with van der Waals surface area (Å²) in [6, 6.07) is 10.3. The van der Waals surface area contributed by atoms with E-state index in [-0.39, 0.29) is 6.42 Å². The number of carbonyl (C=O) groups excluding carboxylic acids is 1. The number of rotatable bonds is 9. The molecule has 0 bridgehead atoms. The monoisotopic (exact) mass is 536 g/mol. The second-order valence-electron chi connectivity index (χ2n) is 10.1. The van der Waals surface area contributed by atoms with E-state index >= 15 is 0 Å². The van der Waals surface area contributed by atoms with Crippen LogP contribution in [-0.4, -0.2) is 50.9 Å². The number of ketones is 1. The Balaban J connectivity index is 1.52. The first-order valence-corrected chi connectivity index (χ1v) is 12.5. The highest BCUT2D eigenvalue weighted by molar-refractivity contribution is 7.99. The van der Waals surface area contributed by atoms with Crippen LogP contribution in [0.1, 0.15) is 38.4 Å². The number of alkyl halides is 4. The summed E-state index contributed by atoms with van der Waals surface area (Å²) >= 11 is 1.27. The number of carbonyl (C=O) groups is 1. The minimum atomic E-state index is -4.51. The van der Waals surface area contributed by atoms with E-state index in [0.717, 1.165) is 10.6 Å². The van der Waals surface area contributed by atoms with Gasteiger partial charge in [-0.2, -0.15) is 18.3 Å². The van der Waals surface area contributed by atoms with E-state index in [1.54, 1.807) is 44.2 Å². The van der Waals surface area contributed by atoms with Crippen LogP contribution < -0.4 is 10.2 Å². The number of anilines is 3. The van der Waals surface area contributed by atoms with Gasteiger partial charge in [0, 0.05) is 47.6 Å². The molecular weight excluding hydrogens is 508 g/mol. The molecule has 0 radical (unpaired) electrons. The zero-order valence-corrected chi connectivity index (χ0v) is 21.7. The van der Waals surface area contributed by atoms with Gasteiger partial charge in [-0.05, 0) is 50.2 Å². The first kappa shape index (κ1) is 26.9. The van der Waals surface area contributed by atoms with E-state index in [2.05, 4.69) is 25.5 Å². The molecule has 1 aliphatic rings. The first-order chi connectivity index (χ1) is 17.2. The second-order valence-corrected chi connectivity index (χ2v) is 11.1. The highest BCUT2D eigenvalue weighted by atomic mass is 32.2. The Kier molecular flexibility index (Phi) is 7.24. The zero-order chi connectivity index (χ0) is 27.0. The highest BCUT2D eigenvalue weighted by Gasteiger charge is 2.51. The van der Waals surface area contributed by atoms with Crippen molar-refractivity contribution in [2.24, 2.45) is 5.41 Å². The van der Waals surface area contributed by atoms with Crippen molar-refractivity contribution in [3.8, 4) is 0 Å². The van der Waals surface area contributed by atoms with E-state index in [4.69, 9.17) is 0 Å². The predicted octanol–water partition coefficient (Wildman–Crippen LogP) is 6.04. The zero-order valence-electron chi connectivity index (χ0n) is 20.9. The molecule has 12 heteroatoms. The summed E-state index contributed by atoms with van der Waals surface area (Å²) in [5, 5.41) is 10.6. The fraction of sp³-hybridized carbons (Fsp3) is 0.440. The number of benzene rings is 1. The maximum Gasteiger partial charge on any atom is 0.395 e. The van der Waals surface area contributed by atoms with Gasteiger partial charge in [-0.15, -0.1) is 0 Å². The molecule has 4 rings (SSSR count). The van der Waals surface area contributed by atoms with Crippen molar-refractivity contribution in [2.75, 3.05) is 23.3 Å². The van der Waals surface area contributed by atoms with Crippen LogP contribution in [0.3, 0.4) is 0 Å². The number of aromatic nitrogens is 4. The normalized spacial score (nSPS) is 15.4. The number of hydrogen-bond acceptors (Lipinski definition) is 7. The average Bonchev–Trinajstić information content (AvgIpc) is 3.15. The molecule has 37 heavy (non-hydrogen) atoms. The number of H-pyrrole nitrogens is 1. The minimum Gasteiger partial charge on any atom is -0.355 e. The van der Waals surface area contributed by atoms with Gasteiger partial charge in [0.05, 0.1) is 0 Å². The summed E-state index contributed by atoms with van der Waals surface area (Å²) in [7, 11) is 0. The molecule has 1 aromatic carbocycles. The molecular formula is C25H28F4N6OS. The Morgan fingerprint density at radius 1 is 1.11 bits per heavy atom. The molecule has 3 heterocycles. The van der Waals surface area contributed by atoms with Crippen LogP contribution in [-0.2, 0) is 11.2 Å². The summed E-state index contributed by atoms with van der Waals surface area (Å²) in [6.45, 7) is 7.95. The second kappa shape index (κ2) is 9.96. The van der Waals surface area contributed by atoms with Gasteiger partial charge >= 0.3 is 6.18 Å². The van der Waals surface area contributed by atoms with Crippen molar-refractivity contribution in [1.29, 1.82) is 0 Å². The first-order valence-electron chi connectivity index (χ1n) is 11.7. The van der Waals surface area contributed by atoms with Crippen LogP contribution in [0.2, 0.25) is 0 Å². The Bertz CT molecular complexity index is 1260. The molecule has 0 spiro atoms. The van der Waals surface area contributed by atoms with Crippen LogP contribution in [0.15, 0.2) is 46.5 Å². The number of aromatic amines is 1. The Labute approximate surface area is 216 Å². The van der Waals surface area contributed by atoms with E-state index in [0.29, 0.717) is 41.3 Å². The van der Waals surface area contributed by atoms with Gasteiger partial charge in [0.2, 0.25) is 0 Å². The molecule has 2 N–H and O–H groups in total. The summed E-state index contributed by atoms with van der Waals surface area (Å²) in [5.41, 5.74) is -0.468. The van der Waals surface area contributed by atoms with Crippen LogP contribution in [0.5, 0.6) is 0 Å². The molecule has 0 unspecified atom stereocenters. The van der Waals surface area contributed by atoms with Gasteiger partial charge in [-0.1, -0.05) is 19.1 Å². The Morgan fingerprint density at radius 3 is 2.35 bits per heavy atom. The SMILES string of the molecule is Cc1cc(Nc2cc(N3CC(C)(C(C)(C)F)C3)nc(Sc3ccc(CC(=O)CC(F)(F)F)cc3)n2)n[nH]1. The summed E-state index contributed by atoms with van der Waals surface area (Å²) in [4.78, 5) is 23.6. The maximum absolute atomic E-state index is 14.7. The lowest BCUT2D eigenvalue weighted by Gasteiger charge is -2.53. The molecule has 7 nitrogen and oxygen atoms in total. The highest BCUT2D eigenvalue weighted by Crippen LogP contribution is 2.44. The lowest BCUT2D eigenvalue weighted by atomic mass is 9.70. The topological polar surface area (TPSA) is 86.8 Å². The van der Waals surface area contributed by atoms with Crippen LogP contribution >= 0.6 is 11.8 Å². The maximum atomic E-state index is 14.7. The molecule has 1 saturated heterocycles. The fourth-order valence-corrected chi connectivity index (χ4v) is 4.69. The van der Waals surface area contributed by atoms with Gasteiger partial charge < -0.3 is 10.2 Å². The lowest BCUT2D eigenvalue weighted by Crippen LogP contribution is -2.63. The van der Waals surface area contributed by atoms with Gasteiger partial charge in [-0.3, -0.25) is 9.89 Å². The fourth-order valence-electron chi connectivity index (χ4n) is 3.93. The number of nitrogens with one attached hydrogen (secondary N) is 2. The molecule has 0 atom stereocenters. The largest absolute Gasteiger partial charge is 0.395 e. The summed E-state index contributed by atoms with van der Waals surface area (Å²) < 4.78 is 52.0. The molecule has 1 aliphatic heterocycles. The van der Waals surface area contributed by atoms with Gasteiger partial charge in [0.1, 0.15) is 29.5 Å². The van der Waals surface area contributed by atoms with Crippen molar-refractivity contribution in [3.05, 3.63) is 47.7 Å². The number of hydrogen-bond donors (Lipinski definition) is 2. The molecule has 0 saturated carbocycles. The van der Waals surface area contributed by atoms with Crippen molar-refractivity contribution in [1.82, 2.24) is 20.2 Å². The molecule has 2 aromatic heterocycles. The van der Waals surface area contributed by atoms with Gasteiger partial charge in [-0.25, -0.2) is 14.4 Å². The average molecular weight is 537 g/mol. The molecule has 0 amide bonds. The number of Topliss-reactive ketones (excluding diaryl/α,β-unsaturated/α-hetero) is 1. The van der Waals surface area contributed by atoms with Gasteiger partial charge in [0.15, 0.2) is 11.0 Å². The quantitative estimate of drug-likeness (QED) is 0.255. The van der Waals surface area contributed by atoms with Crippen LogP contribution in [0, 0.1) is 12.3 Å². The van der Waals surface area contributed by atoms with E-state index in [1.165, 1.54) is 11.8 Å². The van der Waals surface area contributed by atoms with E-state index in [1.807, 2.05) is 24.8 Å². The molecule has 0 aliphatic carbocycles. The lowest BCUT2D eigenvalue weighted by molar-refractivity contribution is -0.151. The Morgan fingerprint density at radius 2 is 1.78 bits per heavy atom. The van der Waals surface area contributed by atoms with Crippen molar-refractivity contribution < 1.29 is 22.4 Å². The van der Waals surface area contributed by atoms with Crippen molar-refractivity contribution >= 4 is 35.0 Å². The van der Waals surface area contributed by atoms with Crippen molar-refractivity contribution in [2.45, 2.75) is 62.4 Å². The van der Waals surface area contributed by atoms with E-state index < -0.39 is 29.5 Å². The smallest absolute Gasteiger partial charge is 0.355 e. The number of aryl methyl sites for hydroxylation is 1. The van der Waals surface area contributed by atoms with Crippen LogP contribution in [0.4, 0.5) is 35.0 Å². The standard InChI is InChI=1S/C25H28F4N6OS/c1-15-9-20(34-33-15)30-19-11-21(35-13-24(4,14-35)23(2,3)26)32-22(31-19)37-18-7-5-16(6-8-18)10-17(36)12-25(27,28)29/h5-9,11H,10,12-14H2,1-4H3,(H2,30,31,32,33,34). The van der Waals surface area contributed by atoms with Gasteiger partial charge in [0.25, 0.3) is 0 Å². The minimum absolute atomic E-state index is 0.285. The molecule has 1 fully saturated rings. The molecule has 198 valence electrons. The predicted molar refractivity (Wildman–Crippen MR) is 134 cm³/mol. The van der Waals surface area contributed by atoms with E-state index in [9.17, 15) is 22.4 Å². The summed E-state index contributed by atoms with van der Waals surface area (Å²) in [5.74, 6) is 0.861. The number of halogens is 4.